The fourth-order valence-electron chi connectivity index (χ4n) is 1.04. The summed E-state index contributed by atoms with van der Waals surface area (Å²) in [6.45, 7) is 1.77. The van der Waals surface area contributed by atoms with Crippen LogP contribution in [0.3, 0.4) is 0 Å². The summed E-state index contributed by atoms with van der Waals surface area (Å²) in [5.74, 6) is -0.303. The fourth-order valence-corrected chi connectivity index (χ4v) is 1.04. The molecular formula is C11H15NO3. The number of nitrogens with one attached hydrogen (secondary N) is 1. The quantitative estimate of drug-likeness (QED) is 0.714. The molecule has 82 valence electrons. The van der Waals surface area contributed by atoms with Crippen LogP contribution in [0.5, 0.6) is 0 Å². The first-order valence-electron chi connectivity index (χ1n) is 4.89. The minimum Gasteiger partial charge on any atom is -0.394 e. The number of rotatable bonds is 5. The van der Waals surface area contributed by atoms with E-state index in [1.165, 1.54) is 0 Å². The smallest absolute Gasteiger partial charge is 0.274 e. The molecule has 4 nitrogen and oxygen atoms in total. The van der Waals surface area contributed by atoms with Gasteiger partial charge in [0.1, 0.15) is 6.10 Å². The topological polar surface area (TPSA) is 58.6 Å². The van der Waals surface area contributed by atoms with E-state index in [1.54, 1.807) is 24.3 Å². The second-order valence-electron chi connectivity index (χ2n) is 3.13. The van der Waals surface area contributed by atoms with Crippen LogP contribution in [0, 0.1) is 0 Å². The predicted octanol–water partition coefficient (Wildman–Crippen LogP) is 1.12. The Morgan fingerprint density at radius 3 is 2.67 bits per heavy atom. The van der Waals surface area contributed by atoms with Crippen LogP contribution in [-0.4, -0.2) is 23.7 Å². The molecule has 0 aliphatic carbocycles. The molecule has 0 fully saturated rings. The number of benzene rings is 1. The lowest BCUT2D eigenvalue weighted by molar-refractivity contribution is -0.0408. The summed E-state index contributed by atoms with van der Waals surface area (Å²) in [7, 11) is 0. The molecule has 0 aliphatic rings. The van der Waals surface area contributed by atoms with Gasteiger partial charge in [-0.05, 0) is 18.6 Å². The number of carbonyl (C=O) groups excluding carboxylic acids is 1. The highest BCUT2D eigenvalue weighted by molar-refractivity contribution is 5.93. The Morgan fingerprint density at radius 2 is 2.13 bits per heavy atom. The molecule has 1 atom stereocenters. The van der Waals surface area contributed by atoms with Crippen molar-refractivity contribution < 1.29 is 14.7 Å². The van der Waals surface area contributed by atoms with E-state index in [0.717, 1.165) is 0 Å². The van der Waals surface area contributed by atoms with Crippen LogP contribution >= 0.6 is 0 Å². The summed E-state index contributed by atoms with van der Waals surface area (Å²) in [5, 5.41) is 8.83. The fraction of sp³-hybridized carbons (Fsp3) is 0.364. The van der Waals surface area contributed by atoms with Crippen LogP contribution in [0.15, 0.2) is 30.3 Å². The lowest BCUT2D eigenvalue weighted by atomic mass is 10.2. The van der Waals surface area contributed by atoms with Gasteiger partial charge in [-0.2, -0.15) is 0 Å². The Bertz CT molecular complexity index is 296. The van der Waals surface area contributed by atoms with E-state index in [1.807, 2.05) is 13.0 Å². The van der Waals surface area contributed by atoms with E-state index >= 15 is 0 Å². The third-order valence-corrected chi connectivity index (χ3v) is 2.01. The van der Waals surface area contributed by atoms with E-state index in [9.17, 15) is 4.79 Å². The summed E-state index contributed by atoms with van der Waals surface area (Å²) in [4.78, 5) is 16.5. The predicted molar refractivity (Wildman–Crippen MR) is 56.2 cm³/mol. The molecule has 0 spiro atoms. The summed E-state index contributed by atoms with van der Waals surface area (Å²) in [6, 6.07) is 8.77. The van der Waals surface area contributed by atoms with E-state index in [-0.39, 0.29) is 18.6 Å². The molecule has 0 heterocycles. The maximum absolute atomic E-state index is 11.5. The van der Waals surface area contributed by atoms with Crippen LogP contribution in [0.4, 0.5) is 0 Å². The highest BCUT2D eigenvalue weighted by Gasteiger charge is 2.08. The number of aliphatic hydroxyl groups excluding tert-OH is 1. The average Bonchev–Trinajstić information content (AvgIpc) is 2.31. The van der Waals surface area contributed by atoms with Crippen LogP contribution in [0.1, 0.15) is 23.7 Å². The third-order valence-electron chi connectivity index (χ3n) is 2.01. The number of carbonyl (C=O) groups is 1. The van der Waals surface area contributed by atoms with Crippen LogP contribution in [0.2, 0.25) is 0 Å². The van der Waals surface area contributed by atoms with Crippen molar-refractivity contribution in [3.63, 3.8) is 0 Å². The van der Waals surface area contributed by atoms with Crippen molar-refractivity contribution in [1.29, 1.82) is 0 Å². The molecule has 1 rings (SSSR count). The zero-order valence-electron chi connectivity index (χ0n) is 8.64. The molecule has 1 unspecified atom stereocenters. The minimum atomic E-state index is -0.349. The summed E-state index contributed by atoms with van der Waals surface area (Å²) in [5.41, 5.74) is 2.83. The number of hydrogen-bond donors (Lipinski definition) is 2. The van der Waals surface area contributed by atoms with Crippen molar-refractivity contribution in [3.8, 4) is 0 Å². The molecule has 0 radical (unpaired) electrons. The van der Waals surface area contributed by atoms with Gasteiger partial charge in [0.25, 0.3) is 5.91 Å². The Balaban J connectivity index is 2.43. The first-order valence-corrected chi connectivity index (χ1v) is 4.89. The van der Waals surface area contributed by atoms with Gasteiger partial charge < -0.3 is 5.11 Å². The molecule has 0 saturated carbocycles. The lowest BCUT2D eigenvalue weighted by Gasteiger charge is -2.12. The molecule has 15 heavy (non-hydrogen) atoms. The minimum absolute atomic E-state index is 0.106. The van der Waals surface area contributed by atoms with Gasteiger partial charge in [-0.25, -0.2) is 5.48 Å². The lowest BCUT2D eigenvalue weighted by Crippen LogP contribution is -2.31. The van der Waals surface area contributed by atoms with Gasteiger partial charge >= 0.3 is 0 Å². The highest BCUT2D eigenvalue weighted by atomic mass is 16.7. The number of hydroxylamine groups is 1. The van der Waals surface area contributed by atoms with Gasteiger partial charge in [-0.1, -0.05) is 25.1 Å². The van der Waals surface area contributed by atoms with E-state index in [4.69, 9.17) is 9.94 Å². The number of hydrogen-bond acceptors (Lipinski definition) is 3. The van der Waals surface area contributed by atoms with E-state index < -0.39 is 0 Å². The van der Waals surface area contributed by atoms with Crippen LogP contribution in [-0.2, 0) is 4.84 Å². The molecule has 0 saturated heterocycles. The molecule has 4 heteroatoms. The Morgan fingerprint density at radius 1 is 1.47 bits per heavy atom. The molecule has 0 bridgehead atoms. The van der Waals surface area contributed by atoms with Gasteiger partial charge in [-0.3, -0.25) is 9.63 Å². The van der Waals surface area contributed by atoms with Gasteiger partial charge in [0.05, 0.1) is 6.61 Å². The van der Waals surface area contributed by atoms with Crippen molar-refractivity contribution in [1.82, 2.24) is 5.48 Å². The number of amides is 1. The monoisotopic (exact) mass is 209 g/mol. The van der Waals surface area contributed by atoms with Crippen molar-refractivity contribution >= 4 is 5.91 Å². The van der Waals surface area contributed by atoms with Crippen LogP contribution < -0.4 is 5.48 Å². The first-order chi connectivity index (χ1) is 7.27. The Kier molecular flexibility index (Phi) is 4.80. The van der Waals surface area contributed by atoms with Crippen molar-refractivity contribution in [3.05, 3.63) is 35.9 Å². The Hall–Kier alpha value is -1.39. The standard InChI is InChI=1S/C11H15NO3/c1-2-10(8-13)15-12-11(14)9-6-4-3-5-7-9/h3-7,10,13H,2,8H2,1H3,(H,12,14). The molecule has 2 N–H and O–H groups in total. The normalized spacial score (nSPS) is 12.1. The highest BCUT2D eigenvalue weighted by Crippen LogP contribution is 1.99. The molecule has 1 aromatic rings. The van der Waals surface area contributed by atoms with E-state index in [0.29, 0.717) is 12.0 Å². The SMILES string of the molecule is CCC(CO)ONC(=O)c1ccccc1. The van der Waals surface area contributed by atoms with Gasteiger partial charge in [-0.15, -0.1) is 0 Å². The largest absolute Gasteiger partial charge is 0.394 e. The maximum Gasteiger partial charge on any atom is 0.274 e. The zero-order valence-corrected chi connectivity index (χ0v) is 8.64. The van der Waals surface area contributed by atoms with E-state index in [2.05, 4.69) is 5.48 Å². The summed E-state index contributed by atoms with van der Waals surface area (Å²) >= 11 is 0. The summed E-state index contributed by atoms with van der Waals surface area (Å²) < 4.78 is 0. The summed E-state index contributed by atoms with van der Waals surface area (Å²) in [6.07, 6.45) is 0.295. The Labute approximate surface area is 88.8 Å². The maximum atomic E-state index is 11.5. The zero-order chi connectivity index (χ0) is 11.1. The van der Waals surface area contributed by atoms with Crippen molar-refractivity contribution in [2.24, 2.45) is 0 Å². The van der Waals surface area contributed by atoms with Gasteiger partial charge in [0.15, 0.2) is 0 Å². The second kappa shape index (κ2) is 6.16. The van der Waals surface area contributed by atoms with Crippen LogP contribution in [0.25, 0.3) is 0 Å². The van der Waals surface area contributed by atoms with Gasteiger partial charge in [0.2, 0.25) is 0 Å². The molecule has 1 amide bonds. The molecule has 1 aromatic carbocycles. The number of aliphatic hydroxyl groups is 1. The van der Waals surface area contributed by atoms with Gasteiger partial charge in [0, 0.05) is 5.56 Å². The first kappa shape index (κ1) is 11.7. The second-order valence-corrected chi connectivity index (χ2v) is 3.13. The molecule has 0 aliphatic heterocycles. The average molecular weight is 209 g/mol. The molecule has 0 aromatic heterocycles. The van der Waals surface area contributed by atoms with Crippen molar-refractivity contribution in [2.75, 3.05) is 6.61 Å². The third kappa shape index (κ3) is 3.69. The van der Waals surface area contributed by atoms with Crippen molar-refractivity contribution in [2.45, 2.75) is 19.4 Å². The molecular weight excluding hydrogens is 194 g/mol.